The highest BCUT2D eigenvalue weighted by atomic mass is 35.5. The van der Waals surface area contributed by atoms with Crippen LogP contribution in [0, 0.1) is 27.7 Å². The first kappa shape index (κ1) is 57.3. The molecule has 5 N–H and O–H groups in total. The van der Waals surface area contributed by atoms with Gasteiger partial charge in [-0.05, 0) is 117 Å². The van der Waals surface area contributed by atoms with Gasteiger partial charge in [-0.25, -0.2) is 5.90 Å². The van der Waals surface area contributed by atoms with Gasteiger partial charge in [-0.1, -0.05) is 65.7 Å². The summed E-state index contributed by atoms with van der Waals surface area (Å²) in [5.41, 5.74) is 8.11. The van der Waals surface area contributed by atoms with Crippen molar-refractivity contribution in [1.82, 2.24) is 19.4 Å². The lowest BCUT2D eigenvalue weighted by Crippen LogP contribution is -2.29. The van der Waals surface area contributed by atoms with Crippen molar-refractivity contribution >= 4 is 81.0 Å². The predicted molar refractivity (Wildman–Crippen MR) is 244 cm³/mol. The van der Waals surface area contributed by atoms with Gasteiger partial charge < -0.3 is 30.3 Å². The van der Waals surface area contributed by atoms with Crippen molar-refractivity contribution < 1.29 is 38.8 Å². The third-order valence-electron chi connectivity index (χ3n) is 7.53. The van der Waals surface area contributed by atoms with Crippen molar-refractivity contribution in [2.24, 2.45) is 21.4 Å². The predicted octanol–water partition coefficient (Wildman–Crippen LogP) is 7.51. The number of carbonyl (C=O) groups excluding carboxylic acids is 3. The molecule has 0 aliphatic heterocycles. The normalized spacial score (nSPS) is 10.8. The second-order valence-corrected chi connectivity index (χ2v) is 14.1. The largest absolute Gasteiger partial charge is 0.398 e. The van der Waals surface area contributed by atoms with Gasteiger partial charge >= 0.3 is 0 Å². The summed E-state index contributed by atoms with van der Waals surface area (Å²) < 4.78 is 7.73. The maximum Gasteiger partial charge on any atom is 0.273 e. The number of aliphatic hydroxyl groups excluding tert-OH is 1. The molecule has 0 unspecified atom stereocenters. The quantitative estimate of drug-likeness (QED) is 0.0584. The number of nitrogens with one attached hydrogen (secondary N) is 2. The highest BCUT2D eigenvalue weighted by molar-refractivity contribution is 7.08. The first-order chi connectivity index (χ1) is 27.5. The van der Waals surface area contributed by atoms with E-state index in [0.29, 0.717) is 32.0 Å². The Labute approximate surface area is 371 Å². The van der Waals surface area contributed by atoms with E-state index in [1.165, 1.54) is 39.7 Å². The highest BCUT2D eigenvalue weighted by Gasteiger charge is 2.20. The summed E-state index contributed by atoms with van der Waals surface area (Å²) in [6.45, 7) is 13.5. The minimum absolute atomic E-state index is 0. The number of amides is 2. The van der Waals surface area contributed by atoms with E-state index in [1.807, 2.05) is 58.9 Å². The Morgan fingerprint density at radius 3 is 1.42 bits per heavy atom. The molecule has 0 aliphatic rings. The zero-order valence-electron chi connectivity index (χ0n) is 34.3. The second kappa shape index (κ2) is 30.2. The highest BCUT2D eigenvalue weighted by Crippen LogP contribution is 2.21. The van der Waals surface area contributed by atoms with Gasteiger partial charge in [0.25, 0.3) is 11.8 Å². The van der Waals surface area contributed by atoms with E-state index >= 15 is 0 Å². The number of carbonyl (C=O) groups is 3. The fourth-order valence-corrected chi connectivity index (χ4v) is 6.11. The number of aliphatic hydroxyl groups is 1. The summed E-state index contributed by atoms with van der Waals surface area (Å²) >= 11 is 13.7. The Balaban J connectivity index is 0. The molecular weight excluding hydrogens is 856 g/mol. The number of nitrogens with zero attached hydrogens (tertiary/aromatic N) is 5. The maximum absolute atomic E-state index is 12.2. The summed E-state index contributed by atoms with van der Waals surface area (Å²) in [7, 11) is 5.86. The van der Waals surface area contributed by atoms with E-state index in [9.17, 15) is 14.4 Å². The average molecular weight is 914 g/mol. The molecule has 0 radical (unpaired) electrons. The fraction of sp³-hybridized carbons (Fsp3) is 0.400. The molecule has 4 aromatic rings. The lowest BCUT2D eigenvalue weighted by molar-refractivity contribution is -0.115. The number of benzene rings is 2. The van der Waals surface area contributed by atoms with Gasteiger partial charge in [0.1, 0.15) is 31.1 Å². The maximum atomic E-state index is 12.2. The van der Waals surface area contributed by atoms with Crippen LogP contribution in [0.15, 0.2) is 51.9 Å². The van der Waals surface area contributed by atoms with Crippen LogP contribution in [0.2, 0.25) is 10.3 Å². The fourth-order valence-electron chi connectivity index (χ4n) is 4.45. The van der Waals surface area contributed by atoms with E-state index in [1.54, 1.807) is 26.1 Å². The number of nitrogens with two attached hydrogens (primary N) is 1. The van der Waals surface area contributed by atoms with Crippen LogP contribution in [0.1, 0.15) is 94.7 Å². The van der Waals surface area contributed by atoms with Crippen LogP contribution in [-0.4, -0.2) is 83.5 Å². The van der Waals surface area contributed by atoms with Gasteiger partial charge in [0, 0.05) is 44.3 Å². The Hall–Kier alpha value is -4.82. The number of hydrogen-bond donors (Lipinski definition) is 4. The van der Waals surface area contributed by atoms with E-state index in [2.05, 4.69) is 39.7 Å². The first-order valence-corrected chi connectivity index (χ1v) is 19.6. The third-order valence-corrected chi connectivity index (χ3v) is 9.90. The number of hydrogen-bond acceptors (Lipinski definition) is 16. The summed E-state index contributed by atoms with van der Waals surface area (Å²) in [4.78, 5) is 55.9. The monoisotopic (exact) mass is 912 g/mol. The minimum atomic E-state index is -0.347. The zero-order chi connectivity index (χ0) is 43.9. The molecule has 2 aromatic heterocycles. The van der Waals surface area contributed by atoms with Gasteiger partial charge in [0.2, 0.25) is 0 Å². The average Bonchev–Trinajstić information content (AvgIpc) is 3.84. The Morgan fingerprint density at radius 1 is 0.717 bits per heavy atom. The number of Topliss-reactive ketones (excluding diaryl/α,β-unsaturated/α-hetero) is 1. The Bertz CT molecular complexity index is 2070. The number of aryl methyl sites for hydroxylation is 4. The van der Waals surface area contributed by atoms with Crippen LogP contribution in [0.4, 0.5) is 0 Å². The van der Waals surface area contributed by atoms with Crippen molar-refractivity contribution in [1.29, 1.82) is 0 Å². The topological polar surface area (TPSA) is 221 Å². The van der Waals surface area contributed by atoms with Crippen molar-refractivity contribution in [3.8, 4) is 0 Å². The number of oxime groups is 3. The van der Waals surface area contributed by atoms with Crippen LogP contribution < -0.4 is 16.5 Å². The van der Waals surface area contributed by atoms with Crippen LogP contribution in [0.3, 0.4) is 0 Å². The molecule has 0 spiro atoms. The molecule has 2 heterocycles. The molecule has 332 valence electrons. The molecule has 4 rings (SSSR count). The van der Waals surface area contributed by atoms with Crippen molar-refractivity contribution in [2.45, 2.75) is 76.5 Å². The van der Waals surface area contributed by atoms with Crippen molar-refractivity contribution in [3.05, 3.63) is 101 Å². The summed E-state index contributed by atoms with van der Waals surface area (Å²) in [5.74, 6) is 4.46. The van der Waals surface area contributed by atoms with Crippen molar-refractivity contribution in [3.63, 3.8) is 0 Å². The molecule has 2 aromatic carbocycles. The van der Waals surface area contributed by atoms with Gasteiger partial charge in [0.15, 0.2) is 17.2 Å². The number of halogens is 2. The lowest BCUT2D eigenvalue weighted by Gasteiger charge is -2.13. The smallest absolute Gasteiger partial charge is 0.273 e. The molecule has 0 bridgehead atoms. The van der Waals surface area contributed by atoms with Gasteiger partial charge in [-0.3, -0.25) is 19.2 Å². The first-order valence-electron chi connectivity index (χ1n) is 17.3. The standard InChI is InChI=1S/C18H21ClN4O3S.C13H19N3O3.C5H4ClNOS.C2H6O.2CH4/c1-10-6-13(9-26-21-12(3)15-8-16(19)23-27-15)14(7-11(10)2)17(22-25-5)18(24)20-4;1-8-5-10(7-19-14)11(6-9(8)2)12(16-18-4)13(17)15-3;1-3(8)4-2-5(6)7-9-4;1-2-3;;/h6-8H,9H2,1-5H3,(H,20,24);5-6H,7,14H2,1-4H3,(H,15,17);2H,1H3;3H,2H2,1H3;2*1H4/b21-12+,22-17+;16-12+;;;;. The Kier molecular flexibility index (Phi) is 28.9. The van der Waals surface area contributed by atoms with E-state index in [-0.39, 0.29) is 63.7 Å². The Morgan fingerprint density at radius 2 is 1.10 bits per heavy atom. The molecule has 16 nitrogen and oxygen atoms in total. The van der Waals surface area contributed by atoms with Crippen molar-refractivity contribution in [2.75, 3.05) is 34.9 Å². The molecule has 0 atom stereocenters. The lowest BCUT2D eigenvalue weighted by atomic mass is 9.96. The molecular formula is C40H58Cl2N8O8S2. The molecule has 2 amide bonds. The number of aromatic nitrogens is 2. The van der Waals surface area contributed by atoms with E-state index in [0.717, 1.165) is 49.8 Å². The van der Waals surface area contributed by atoms with Gasteiger partial charge in [-0.15, -0.1) is 0 Å². The van der Waals surface area contributed by atoms with Gasteiger partial charge in [-0.2, -0.15) is 8.75 Å². The van der Waals surface area contributed by atoms with Gasteiger partial charge in [0.05, 0.1) is 22.1 Å². The van der Waals surface area contributed by atoms with E-state index in [4.69, 9.17) is 48.7 Å². The molecule has 20 heteroatoms. The van der Waals surface area contributed by atoms with E-state index < -0.39 is 0 Å². The molecule has 0 aliphatic carbocycles. The van der Waals surface area contributed by atoms with Crippen LogP contribution in [-0.2, 0) is 42.2 Å². The second-order valence-electron chi connectivity index (χ2n) is 11.8. The molecule has 0 saturated carbocycles. The number of likely N-dealkylation sites (N-methyl/N-ethyl adjacent to an activating group) is 2. The van der Waals surface area contributed by atoms with Crippen LogP contribution in [0.25, 0.3) is 0 Å². The van der Waals surface area contributed by atoms with Crippen LogP contribution >= 0.6 is 46.3 Å². The summed E-state index contributed by atoms with van der Waals surface area (Å²) in [6, 6.07) is 10.9. The molecule has 0 saturated heterocycles. The number of ketones is 1. The molecule has 60 heavy (non-hydrogen) atoms. The minimum Gasteiger partial charge on any atom is -0.398 e. The third kappa shape index (κ3) is 18.6. The zero-order valence-corrected chi connectivity index (χ0v) is 37.4. The summed E-state index contributed by atoms with van der Waals surface area (Å²) in [5, 5.41) is 25.3. The SMILES string of the molecule is C.C.CC(=O)c1cc(Cl)ns1.CCO.CNC(=O)/C(=N/OC)c1cc(C)c(C)cc1CO/N=C(\C)c1cc(Cl)ns1.CNC(=O)/C(=N/OC)c1cc(C)c(C)cc1CON. The molecule has 0 fully saturated rings. The summed E-state index contributed by atoms with van der Waals surface area (Å²) in [6.07, 6.45) is 0. The van der Waals surface area contributed by atoms with Crippen LogP contribution in [0.5, 0.6) is 0 Å². The number of rotatable bonds is 13.